The van der Waals surface area contributed by atoms with Crippen molar-refractivity contribution in [1.29, 1.82) is 0 Å². The summed E-state index contributed by atoms with van der Waals surface area (Å²) in [6.45, 7) is 2.33. The first-order valence-electron chi connectivity index (χ1n) is 13.2. The second-order valence-corrected chi connectivity index (χ2v) is 9.56. The molecule has 0 bridgehead atoms. The number of nitrogens with zero attached hydrogens (tertiary/aromatic N) is 3. The van der Waals surface area contributed by atoms with Crippen LogP contribution in [0.5, 0.6) is 0 Å². The number of nitrogens with one attached hydrogen (secondary N) is 3. The van der Waals surface area contributed by atoms with E-state index >= 15 is 0 Å². The number of halogens is 1. The molecule has 2 aliphatic heterocycles. The second-order valence-electron chi connectivity index (χ2n) is 9.56. The van der Waals surface area contributed by atoms with Gasteiger partial charge in [-0.1, -0.05) is 0 Å². The zero-order chi connectivity index (χ0) is 27.0. The van der Waals surface area contributed by atoms with Crippen LogP contribution in [0.2, 0.25) is 0 Å². The number of aromatic amines is 1. The molecule has 2 aromatic heterocycles. The molecule has 0 aliphatic carbocycles. The summed E-state index contributed by atoms with van der Waals surface area (Å²) in [5.74, 6) is 0.193. The second kappa shape index (κ2) is 13.1. The molecule has 1 unspecified atom stereocenters. The normalized spacial score (nSPS) is 21.1. The van der Waals surface area contributed by atoms with Crippen LogP contribution in [0.1, 0.15) is 25.1 Å². The highest BCUT2D eigenvalue weighted by molar-refractivity contribution is 5.79. The maximum Gasteiger partial charge on any atom is 0.227 e. The third kappa shape index (κ3) is 7.15. The number of hydrogen-bond acceptors (Lipinski definition) is 9. The molecule has 4 N–H and O–H groups in total. The summed E-state index contributed by atoms with van der Waals surface area (Å²) >= 11 is 0. The lowest BCUT2D eigenvalue weighted by Crippen LogP contribution is -2.44. The summed E-state index contributed by atoms with van der Waals surface area (Å²) in [6, 6.07) is 7.84. The smallest absolute Gasteiger partial charge is 0.227 e. The third-order valence-electron chi connectivity index (χ3n) is 6.63. The average Bonchev–Trinajstić information content (AvgIpc) is 3.63. The molecule has 1 amide bonds. The van der Waals surface area contributed by atoms with E-state index in [9.17, 15) is 9.18 Å². The molecule has 0 spiro atoms. The van der Waals surface area contributed by atoms with Crippen molar-refractivity contribution >= 4 is 11.9 Å². The molecule has 2 saturated heterocycles. The Balaban J connectivity index is 1.26. The van der Waals surface area contributed by atoms with Crippen LogP contribution in [0.15, 0.2) is 36.5 Å². The monoisotopic (exact) mass is 540 g/mol. The van der Waals surface area contributed by atoms with E-state index in [-0.39, 0.29) is 43.6 Å². The van der Waals surface area contributed by atoms with E-state index in [2.05, 4.69) is 25.6 Å². The van der Waals surface area contributed by atoms with Crippen LogP contribution < -0.4 is 10.6 Å². The van der Waals surface area contributed by atoms with Crippen LogP contribution in [0.4, 0.5) is 10.3 Å². The highest BCUT2D eigenvalue weighted by atomic mass is 19.1. The van der Waals surface area contributed by atoms with Crippen molar-refractivity contribution in [2.24, 2.45) is 5.92 Å². The van der Waals surface area contributed by atoms with Crippen molar-refractivity contribution in [3.63, 3.8) is 0 Å². The van der Waals surface area contributed by atoms with Crippen LogP contribution in [-0.2, 0) is 25.4 Å². The molecule has 4 heterocycles. The highest BCUT2D eigenvalue weighted by Crippen LogP contribution is 2.30. The van der Waals surface area contributed by atoms with E-state index in [0.717, 1.165) is 25.0 Å². The van der Waals surface area contributed by atoms with E-state index in [1.54, 1.807) is 24.4 Å². The first-order chi connectivity index (χ1) is 19.1. The van der Waals surface area contributed by atoms with Gasteiger partial charge in [-0.25, -0.2) is 19.3 Å². The van der Waals surface area contributed by atoms with E-state index in [4.69, 9.17) is 24.3 Å². The molecule has 1 aromatic carbocycles. The number of H-pyrrole nitrogens is 1. The fourth-order valence-electron chi connectivity index (χ4n) is 4.52. The Kier molecular flexibility index (Phi) is 9.09. The molecular weight excluding hydrogens is 507 g/mol. The lowest BCUT2D eigenvalue weighted by atomic mass is 10.1. The summed E-state index contributed by atoms with van der Waals surface area (Å²) < 4.78 is 30.9. The van der Waals surface area contributed by atoms with Crippen molar-refractivity contribution in [1.82, 2.24) is 25.3 Å². The average molecular weight is 541 g/mol. The van der Waals surface area contributed by atoms with Gasteiger partial charge in [0.05, 0.1) is 48.7 Å². The number of carbonyl (C=O) groups is 1. The summed E-state index contributed by atoms with van der Waals surface area (Å²) in [5.41, 5.74) is 2.57. The zero-order valence-electron chi connectivity index (χ0n) is 21.6. The van der Waals surface area contributed by atoms with Gasteiger partial charge in [0.25, 0.3) is 0 Å². The summed E-state index contributed by atoms with van der Waals surface area (Å²) in [6.07, 6.45) is 4.02. The third-order valence-corrected chi connectivity index (χ3v) is 6.63. The topological polar surface area (TPSA) is 144 Å². The van der Waals surface area contributed by atoms with Gasteiger partial charge in [-0.3, -0.25) is 4.79 Å². The summed E-state index contributed by atoms with van der Waals surface area (Å²) in [7, 11) is 0. The minimum atomic E-state index is -0.576. The minimum absolute atomic E-state index is 0.0669. The van der Waals surface area contributed by atoms with Crippen LogP contribution in [-0.4, -0.2) is 82.9 Å². The maximum atomic E-state index is 13.6. The van der Waals surface area contributed by atoms with Crippen LogP contribution in [0, 0.1) is 11.7 Å². The van der Waals surface area contributed by atoms with Crippen molar-refractivity contribution in [2.75, 3.05) is 44.8 Å². The molecule has 1 atom stereocenters. The number of hydrogen-bond donors (Lipinski definition) is 4. The largest absolute Gasteiger partial charge is 0.396 e. The number of imidazole rings is 1. The maximum absolute atomic E-state index is 13.6. The summed E-state index contributed by atoms with van der Waals surface area (Å²) in [5, 5.41) is 15.1. The Hall–Kier alpha value is -3.45. The molecular formula is C27H33FN6O5. The number of amides is 1. The van der Waals surface area contributed by atoms with Gasteiger partial charge < -0.3 is 34.9 Å². The van der Waals surface area contributed by atoms with E-state index < -0.39 is 6.29 Å². The minimum Gasteiger partial charge on any atom is -0.396 e. The van der Waals surface area contributed by atoms with Crippen molar-refractivity contribution in [3.05, 3.63) is 48.2 Å². The van der Waals surface area contributed by atoms with Gasteiger partial charge in [0, 0.05) is 38.1 Å². The molecule has 2 aliphatic rings. The van der Waals surface area contributed by atoms with Crippen LogP contribution >= 0.6 is 0 Å². The SMILES string of the molecule is O=C(NCC1CCCO1)C1COC(Cc2nc(-c3ccc(F)cc3)c(-c3ccnc(NCCCO)n3)[nH]2)OC1. The summed E-state index contributed by atoms with van der Waals surface area (Å²) in [4.78, 5) is 29.4. The Morgan fingerprint density at radius 2 is 1.95 bits per heavy atom. The first-order valence-corrected chi connectivity index (χ1v) is 13.2. The van der Waals surface area contributed by atoms with Crippen molar-refractivity contribution < 1.29 is 28.5 Å². The van der Waals surface area contributed by atoms with Gasteiger partial charge in [0.15, 0.2) is 6.29 Å². The number of aromatic nitrogens is 4. The fourth-order valence-corrected chi connectivity index (χ4v) is 4.52. The molecule has 12 heteroatoms. The Bertz CT molecular complexity index is 1230. The van der Waals surface area contributed by atoms with Gasteiger partial charge >= 0.3 is 0 Å². The van der Waals surface area contributed by atoms with E-state index in [1.165, 1.54) is 12.1 Å². The van der Waals surface area contributed by atoms with Gasteiger partial charge in [-0.15, -0.1) is 0 Å². The molecule has 3 aromatic rings. The van der Waals surface area contributed by atoms with Crippen LogP contribution in [0.25, 0.3) is 22.6 Å². The number of aliphatic hydroxyl groups excluding tert-OH is 1. The highest BCUT2D eigenvalue weighted by Gasteiger charge is 2.29. The number of aliphatic hydroxyl groups is 1. The number of benzene rings is 1. The van der Waals surface area contributed by atoms with Crippen molar-refractivity contribution in [3.8, 4) is 22.6 Å². The van der Waals surface area contributed by atoms with Gasteiger partial charge in [0.2, 0.25) is 11.9 Å². The Morgan fingerprint density at radius 3 is 2.69 bits per heavy atom. The molecule has 39 heavy (non-hydrogen) atoms. The lowest BCUT2D eigenvalue weighted by molar-refractivity contribution is -0.201. The van der Waals surface area contributed by atoms with E-state index in [1.807, 2.05) is 0 Å². The molecule has 5 rings (SSSR count). The van der Waals surface area contributed by atoms with Crippen molar-refractivity contribution in [2.45, 2.75) is 38.1 Å². The standard InChI is InChI=1S/C27H33FN6O5/c28-19-6-4-17(5-7-19)24-25(21-8-10-30-27(32-21)29-9-2-11-35)34-22(33-24)13-23-38-15-18(16-39-23)26(36)31-14-20-3-1-12-37-20/h4-8,10,18,20,23,35H,1-3,9,11-16H2,(H,31,36)(H,33,34)(H,29,30,32). The lowest BCUT2D eigenvalue weighted by Gasteiger charge is -2.28. The predicted molar refractivity (Wildman–Crippen MR) is 140 cm³/mol. The number of carbonyl (C=O) groups excluding carboxylic acids is 1. The van der Waals surface area contributed by atoms with Gasteiger partial charge in [-0.2, -0.15) is 0 Å². The fraction of sp³-hybridized carbons (Fsp3) is 0.481. The first kappa shape index (κ1) is 27.1. The number of ether oxygens (including phenoxy) is 3. The molecule has 11 nitrogen and oxygen atoms in total. The molecule has 0 radical (unpaired) electrons. The molecule has 208 valence electrons. The number of anilines is 1. The Labute approximate surface area is 225 Å². The molecule has 0 saturated carbocycles. The Morgan fingerprint density at radius 1 is 1.13 bits per heavy atom. The number of rotatable bonds is 11. The van der Waals surface area contributed by atoms with Gasteiger partial charge in [0.1, 0.15) is 11.6 Å². The van der Waals surface area contributed by atoms with Crippen LogP contribution in [0.3, 0.4) is 0 Å². The molecule has 2 fully saturated rings. The van der Waals surface area contributed by atoms with Gasteiger partial charge in [-0.05, 0) is 49.6 Å². The quantitative estimate of drug-likeness (QED) is 0.269. The zero-order valence-corrected chi connectivity index (χ0v) is 21.6. The predicted octanol–water partition coefficient (Wildman–Crippen LogP) is 2.29. The van der Waals surface area contributed by atoms with E-state index in [0.29, 0.717) is 54.8 Å².